The van der Waals surface area contributed by atoms with Gasteiger partial charge in [0, 0.05) is 18.8 Å². The SMILES string of the molecule is CCOc1ccccc1C(Cn1c(=O)n(C(C)(C)C(=O)O)c(=O)c2c(C)c(C3=NCCO3)sc21)OC1CCOCC1. The Morgan fingerprint density at radius 3 is 2.61 bits per heavy atom. The summed E-state index contributed by atoms with van der Waals surface area (Å²) >= 11 is 1.24. The molecule has 220 valence electrons. The molecule has 1 atom stereocenters. The third-order valence-corrected chi connectivity index (χ3v) is 8.82. The number of nitrogens with zero attached hydrogens (tertiary/aromatic N) is 3. The highest BCUT2D eigenvalue weighted by atomic mass is 32.1. The molecular weight excluding hydrogens is 550 g/mol. The minimum absolute atomic E-state index is 0.0273. The van der Waals surface area contributed by atoms with E-state index < -0.39 is 28.9 Å². The zero-order valence-electron chi connectivity index (χ0n) is 23.7. The van der Waals surface area contributed by atoms with Crippen molar-refractivity contribution in [3.8, 4) is 5.75 Å². The van der Waals surface area contributed by atoms with Crippen LogP contribution in [0.4, 0.5) is 0 Å². The maximum absolute atomic E-state index is 14.2. The maximum Gasteiger partial charge on any atom is 0.333 e. The Balaban J connectivity index is 1.74. The highest BCUT2D eigenvalue weighted by molar-refractivity contribution is 7.20. The van der Waals surface area contributed by atoms with Gasteiger partial charge in [-0.2, -0.15) is 0 Å². The molecule has 5 rings (SSSR count). The monoisotopic (exact) mass is 585 g/mol. The summed E-state index contributed by atoms with van der Waals surface area (Å²) in [5.41, 5.74) is -1.85. The van der Waals surface area contributed by atoms with E-state index >= 15 is 0 Å². The number of ether oxygens (including phenoxy) is 4. The number of aliphatic imine (C=N–C) groups is 1. The third-order valence-electron chi connectivity index (χ3n) is 7.51. The number of carboxylic acids is 1. The molecule has 2 aliphatic heterocycles. The molecule has 0 aliphatic carbocycles. The fraction of sp³-hybridized carbons (Fsp3) is 0.517. The van der Waals surface area contributed by atoms with E-state index in [4.69, 9.17) is 18.9 Å². The van der Waals surface area contributed by atoms with Gasteiger partial charge in [-0.25, -0.2) is 19.1 Å². The third kappa shape index (κ3) is 5.43. The van der Waals surface area contributed by atoms with Crippen LogP contribution in [0.15, 0.2) is 38.8 Å². The van der Waals surface area contributed by atoms with E-state index in [2.05, 4.69) is 4.99 Å². The molecule has 4 heterocycles. The second-order valence-electron chi connectivity index (χ2n) is 10.6. The molecule has 0 spiro atoms. The number of hydrogen-bond acceptors (Lipinski definition) is 9. The number of fused-ring (bicyclic) bond motifs is 1. The quantitative estimate of drug-likeness (QED) is 0.383. The largest absolute Gasteiger partial charge is 0.493 e. The molecule has 2 aliphatic rings. The van der Waals surface area contributed by atoms with Gasteiger partial charge in [-0.3, -0.25) is 9.36 Å². The number of hydrogen-bond donors (Lipinski definition) is 1. The molecule has 0 bridgehead atoms. The van der Waals surface area contributed by atoms with Crippen LogP contribution in [-0.2, 0) is 31.1 Å². The standard InChI is InChI=1S/C29H35N3O8S/c1-5-38-20-9-7-6-8-19(20)21(40-18-10-13-37-14-11-18)16-31-26-22(17(2)23(41-26)24-30-12-15-39-24)25(33)32(28(31)36)29(3,4)27(34)35/h6-9,18,21H,5,10-16H2,1-4H3,(H,34,35). The van der Waals surface area contributed by atoms with E-state index in [1.54, 1.807) is 6.92 Å². The summed E-state index contributed by atoms with van der Waals surface area (Å²) in [5, 5.41) is 10.3. The Kier molecular flexibility index (Phi) is 8.35. The number of aliphatic carboxylic acids is 1. The fourth-order valence-corrected chi connectivity index (χ4v) is 6.50. The van der Waals surface area contributed by atoms with Crippen molar-refractivity contribution in [2.45, 2.75) is 64.8 Å². The van der Waals surface area contributed by atoms with Crippen LogP contribution >= 0.6 is 11.3 Å². The van der Waals surface area contributed by atoms with Crippen LogP contribution in [0.25, 0.3) is 10.2 Å². The number of benzene rings is 1. The van der Waals surface area contributed by atoms with Crippen molar-refractivity contribution >= 4 is 33.4 Å². The van der Waals surface area contributed by atoms with Crippen LogP contribution in [0.2, 0.25) is 0 Å². The van der Waals surface area contributed by atoms with E-state index in [-0.39, 0.29) is 18.0 Å². The molecule has 1 unspecified atom stereocenters. The first-order valence-electron chi connectivity index (χ1n) is 13.8. The summed E-state index contributed by atoms with van der Waals surface area (Å²) in [6.45, 7) is 8.91. The molecule has 1 N–H and O–H groups in total. The van der Waals surface area contributed by atoms with E-state index in [1.165, 1.54) is 29.8 Å². The van der Waals surface area contributed by atoms with Crippen LogP contribution in [0.1, 0.15) is 55.7 Å². The second-order valence-corrected chi connectivity index (χ2v) is 11.6. The summed E-state index contributed by atoms with van der Waals surface area (Å²) in [5.74, 6) is -0.244. The number of thiophene rings is 1. The Bertz CT molecular complexity index is 1600. The van der Waals surface area contributed by atoms with Crippen molar-refractivity contribution in [3.05, 3.63) is 61.1 Å². The summed E-state index contributed by atoms with van der Waals surface area (Å²) in [6.07, 6.45) is 0.648. The first kappa shape index (κ1) is 29.0. The highest BCUT2D eigenvalue weighted by Crippen LogP contribution is 2.35. The minimum Gasteiger partial charge on any atom is -0.493 e. The lowest BCUT2D eigenvalue weighted by atomic mass is 10.0. The molecule has 3 aromatic rings. The zero-order valence-corrected chi connectivity index (χ0v) is 24.5. The molecule has 1 aromatic carbocycles. The second kappa shape index (κ2) is 11.8. The van der Waals surface area contributed by atoms with Gasteiger partial charge in [-0.15, -0.1) is 11.3 Å². The number of aryl methyl sites for hydroxylation is 1. The van der Waals surface area contributed by atoms with Gasteiger partial charge in [0.2, 0.25) is 5.90 Å². The Hall–Kier alpha value is -3.48. The summed E-state index contributed by atoms with van der Waals surface area (Å²) in [7, 11) is 0. The number of carbonyl (C=O) groups is 1. The van der Waals surface area contributed by atoms with Gasteiger partial charge in [0.05, 0.1) is 36.1 Å². The Labute approximate surface area is 240 Å². The summed E-state index contributed by atoms with van der Waals surface area (Å²) < 4.78 is 26.1. The van der Waals surface area contributed by atoms with Crippen molar-refractivity contribution < 1.29 is 28.8 Å². The average molecular weight is 586 g/mol. The molecule has 41 heavy (non-hydrogen) atoms. The van der Waals surface area contributed by atoms with Crippen LogP contribution in [0.3, 0.4) is 0 Å². The van der Waals surface area contributed by atoms with Gasteiger partial charge in [0.15, 0.2) is 0 Å². The number of carboxylic acid groups (broad SMARTS) is 1. The average Bonchev–Trinajstić information content (AvgIpc) is 3.59. The highest BCUT2D eigenvalue weighted by Gasteiger charge is 2.36. The van der Waals surface area contributed by atoms with Crippen LogP contribution in [0.5, 0.6) is 5.75 Å². The fourth-order valence-electron chi connectivity index (χ4n) is 5.23. The number of aromatic nitrogens is 2. The van der Waals surface area contributed by atoms with E-state index in [1.807, 2.05) is 31.2 Å². The van der Waals surface area contributed by atoms with E-state index in [0.29, 0.717) is 72.7 Å². The topological polar surface area (TPSA) is 131 Å². The van der Waals surface area contributed by atoms with Crippen molar-refractivity contribution in [1.29, 1.82) is 0 Å². The summed E-state index contributed by atoms with van der Waals surface area (Å²) in [6, 6.07) is 7.51. The Morgan fingerprint density at radius 1 is 1.22 bits per heavy atom. The molecule has 0 amide bonds. The summed E-state index contributed by atoms with van der Waals surface area (Å²) in [4.78, 5) is 45.8. The van der Waals surface area contributed by atoms with Crippen molar-refractivity contribution in [3.63, 3.8) is 0 Å². The van der Waals surface area contributed by atoms with Gasteiger partial charge >= 0.3 is 11.7 Å². The molecule has 0 radical (unpaired) electrons. The van der Waals surface area contributed by atoms with Crippen molar-refractivity contribution in [2.24, 2.45) is 4.99 Å². The van der Waals surface area contributed by atoms with Crippen molar-refractivity contribution in [2.75, 3.05) is 33.0 Å². The van der Waals surface area contributed by atoms with Crippen LogP contribution < -0.4 is 16.0 Å². The van der Waals surface area contributed by atoms with Gasteiger partial charge in [0.1, 0.15) is 28.8 Å². The maximum atomic E-state index is 14.2. The van der Waals surface area contributed by atoms with Gasteiger partial charge < -0.3 is 24.1 Å². The lowest BCUT2D eigenvalue weighted by Gasteiger charge is -2.30. The van der Waals surface area contributed by atoms with Crippen molar-refractivity contribution in [1.82, 2.24) is 9.13 Å². The smallest absolute Gasteiger partial charge is 0.333 e. The Morgan fingerprint density at radius 2 is 1.95 bits per heavy atom. The molecule has 1 fully saturated rings. The molecule has 11 nitrogen and oxygen atoms in total. The lowest BCUT2D eigenvalue weighted by molar-refractivity contribution is -0.146. The van der Waals surface area contributed by atoms with E-state index in [0.717, 1.165) is 10.1 Å². The zero-order chi connectivity index (χ0) is 29.3. The normalized spacial score (nSPS) is 16.9. The lowest BCUT2D eigenvalue weighted by Crippen LogP contribution is -2.52. The molecular formula is C29H35N3O8S. The predicted octanol–water partition coefficient (Wildman–Crippen LogP) is 3.47. The predicted molar refractivity (Wildman–Crippen MR) is 155 cm³/mol. The van der Waals surface area contributed by atoms with Gasteiger partial charge in [-0.1, -0.05) is 18.2 Å². The van der Waals surface area contributed by atoms with E-state index in [9.17, 15) is 19.5 Å². The minimum atomic E-state index is -1.81. The number of para-hydroxylation sites is 1. The first-order chi connectivity index (χ1) is 19.6. The molecule has 0 saturated carbocycles. The van der Waals surface area contributed by atoms with Crippen LogP contribution in [-0.4, -0.2) is 65.2 Å². The molecule has 1 saturated heterocycles. The van der Waals surface area contributed by atoms with Gasteiger partial charge in [0.25, 0.3) is 5.56 Å². The molecule has 12 heteroatoms. The number of rotatable bonds is 10. The van der Waals surface area contributed by atoms with Crippen LogP contribution in [0, 0.1) is 6.92 Å². The first-order valence-corrected chi connectivity index (χ1v) is 14.6. The molecule has 2 aromatic heterocycles. The van der Waals surface area contributed by atoms with Gasteiger partial charge in [-0.05, 0) is 52.2 Å².